The maximum absolute atomic E-state index is 13.1. The summed E-state index contributed by atoms with van der Waals surface area (Å²) >= 11 is 0. The molecule has 0 bridgehead atoms. The average Bonchev–Trinajstić information content (AvgIpc) is 2.78. The Labute approximate surface area is 111 Å². The highest BCUT2D eigenvalue weighted by Crippen LogP contribution is 2.34. The van der Waals surface area contributed by atoms with Crippen LogP contribution in [-0.2, 0) is 6.18 Å². The molecule has 1 N–H and O–H groups in total. The van der Waals surface area contributed by atoms with E-state index in [1.54, 1.807) is 30.3 Å². The number of aromatic nitrogens is 2. The minimum atomic E-state index is -4.58. The number of phenols is 1. The summed E-state index contributed by atoms with van der Waals surface area (Å²) in [4.78, 5) is 3.60. The number of fused-ring (bicyclic) bond motifs is 1. The molecule has 20 heavy (non-hydrogen) atoms. The van der Waals surface area contributed by atoms with Crippen LogP contribution in [0.5, 0.6) is 5.75 Å². The third kappa shape index (κ3) is 1.99. The summed E-state index contributed by atoms with van der Waals surface area (Å²) in [5.41, 5.74) is 0.760. The first kappa shape index (κ1) is 12.5. The van der Waals surface area contributed by atoms with Gasteiger partial charge in [0.15, 0.2) is 0 Å². The Balaban J connectivity index is 2.38. The largest absolute Gasteiger partial charge is 0.508 e. The van der Waals surface area contributed by atoms with Crippen molar-refractivity contribution in [1.29, 1.82) is 0 Å². The fraction of sp³-hybridized carbons (Fsp3) is 0.0714. The van der Waals surface area contributed by atoms with Gasteiger partial charge in [-0.2, -0.15) is 13.2 Å². The number of halogens is 3. The molecule has 0 radical (unpaired) electrons. The standard InChI is InChI=1S/C14H9F3N2O/c15-14(16,17)13-18-11-8-10(20)6-7-12(11)19(13)9-4-2-1-3-5-9/h1-8,20H. The van der Waals surface area contributed by atoms with Crippen LogP contribution in [0.25, 0.3) is 16.7 Å². The van der Waals surface area contributed by atoms with Crippen LogP contribution in [0.15, 0.2) is 48.5 Å². The van der Waals surface area contributed by atoms with Crippen LogP contribution in [0.4, 0.5) is 13.2 Å². The van der Waals surface area contributed by atoms with Gasteiger partial charge in [-0.1, -0.05) is 18.2 Å². The normalized spacial score (nSPS) is 11.9. The van der Waals surface area contributed by atoms with E-state index in [0.717, 1.165) is 4.57 Å². The number of alkyl halides is 3. The molecule has 2 aromatic carbocycles. The summed E-state index contributed by atoms with van der Waals surface area (Å²) in [6, 6.07) is 12.1. The van der Waals surface area contributed by atoms with Gasteiger partial charge in [0.1, 0.15) is 5.75 Å². The average molecular weight is 278 g/mol. The molecule has 0 spiro atoms. The van der Waals surface area contributed by atoms with Gasteiger partial charge in [0.25, 0.3) is 0 Å². The topological polar surface area (TPSA) is 38.1 Å². The Hall–Kier alpha value is -2.50. The first-order valence-corrected chi connectivity index (χ1v) is 5.81. The van der Waals surface area contributed by atoms with Gasteiger partial charge in [0.2, 0.25) is 5.82 Å². The molecule has 3 rings (SSSR count). The van der Waals surface area contributed by atoms with E-state index in [2.05, 4.69) is 4.98 Å². The lowest BCUT2D eigenvalue weighted by molar-refractivity contribution is -0.145. The number of rotatable bonds is 1. The monoisotopic (exact) mass is 278 g/mol. The number of hydrogen-bond acceptors (Lipinski definition) is 2. The number of phenolic OH excluding ortho intramolecular Hbond substituents is 1. The van der Waals surface area contributed by atoms with Crippen molar-refractivity contribution in [2.45, 2.75) is 6.18 Å². The van der Waals surface area contributed by atoms with E-state index >= 15 is 0 Å². The van der Waals surface area contributed by atoms with Gasteiger partial charge in [-0.25, -0.2) is 4.98 Å². The molecule has 1 aromatic heterocycles. The number of hydrogen-bond donors (Lipinski definition) is 1. The zero-order chi connectivity index (χ0) is 14.3. The quantitative estimate of drug-likeness (QED) is 0.736. The molecule has 0 atom stereocenters. The van der Waals surface area contributed by atoms with Crippen LogP contribution >= 0.6 is 0 Å². The first-order chi connectivity index (χ1) is 9.47. The van der Waals surface area contributed by atoms with Crippen LogP contribution in [0.2, 0.25) is 0 Å². The lowest BCUT2D eigenvalue weighted by atomic mass is 10.2. The molecule has 0 unspecified atom stereocenters. The van der Waals surface area contributed by atoms with Gasteiger partial charge in [0.05, 0.1) is 11.0 Å². The minimum absolute atomic E-state index is 0.0983. The highest BCUT2D eigenvalue weighted by atomic mass is 19.4. The fourth-order valence-corrected chi connectivity index (χ4v) is 2.10. The molecule has 0 aliphatic carbocycles. The zero-order valence-electron chi connectivity index (χ0n) is 10.1. The number of aromatic hydroxyl groups is 1. The van der Waals surface area contributed by atoms with E-state index in [-0.39, 0.29) is 11.3 Å². The van der Waals surface area contributed by atoms with Crippen molar-refractivity contribution < 1.29 is 18.3 Å². The van der Waals surface area contributed by atoms with Crippen molar-refractivity contribution in [3.63, 3.8) is 0 Å². The summed E-state index contributed by atoms with van der Waals surface area (Å²) < 4.78 is 40.4. The molecule has 0 fully saturated rings. The van der Waals surface area contributed by atoms with Gasteiger partial charge in [-0.05, 0) is 24.3 Å². The molecule has 0 aliphatic heterocycles. The van der Waals surface area contributed by atoms with E-state index in [4.69, 9.17) is 0 Å². The fourth-order valence-electron chi connectivity index (χ4n) is 2.10. The van der Waals surface area contributed by atoms with E-state index in [1.807, 2.05) is 0 Å². The molecule has 0 aliphatic rings. The highest BCUT2D eigenvalue weighted by Gasteiger charge is 2.38. The predicted octanol–water partition coefficient (Wildman–Crippen LogP) is 3.75. The van der Waals surface area contributed by atoms with Crippen LogP contribution in [0, 0.1) is 0 Å². The third-order valence-corrected chi connectivity index (χ3v) is 2.91. The maximum atomic E-state index is 13.1. The molecular formula is C14H9F3N2O. The summed E-state index contributed by atoms with van der Waals surface area (Å²) in [5.74, 6) is -1.13. The molecule has 3 nitrogen and oxygen atoms in total. The zero-order valence-corrected chi connectivity index (χ0v) is 10.1. The molecule has 0 saturated carbocycles. The first-order valence-electron chi connectivity index (χ1n) is 5.81. The van der Waals surface area contributed by atoms with Crippen LogP contribution in [0.1, 0.15) is 5.82 Å². The lowest BCUT2D eigenvalue weighted by Gasteiger charge is -2.11. The Morgan fingerprint density at radius 2 is 1.70 bits per heavy atom. The molecule has 0 saturated heterocycles. The third-order valence-electron chi connectivity index (χ3n) is 2.91. The number of benzene rings is 2. The van der Waals surface area contributed by atoms with Gasteiger partial charge in [0, 0.05) is 11.8 Å². The Morgan fingerprint density at radius 3 is 2.35 bits per heavy atom. The smallest absolute Gasteiger partial charge is 0.450 e. The molecular weight excluding hydrogens is 269 g/mol. The van der Waals surface area contributed by atoms with Gasteiger partial charge in [-0.15, -0.1) is 0 Å². The predicted molar refractivity (Wildman–Crippen MR) is 67.7 cm³/mol. The van der Waals surface area contributed by atoms with E-state index in [0.29, 0.717) is 11.2 Å². The van der Waals surface area contributed by atoms with E-state index in [9.17, 15) is 18.3 Å². The van der Waals surface area contributed by atoms with Gasteiger partial charge in [-0.3, -0.25) is 4.57 Å². The second kappa shape index (κ2) is 4.26. The summed E-state index contributed by atoms with van der Waals surface area (Å²) in [6.45, 7) is 0. The van der Waals surface area contributed by atoms with Gasteiger partial charge < -0.3 is 5.11 Å². The Morgan fingerprint density at radius 1 is 1.00 bits per heavy atom. The van der Waals surface area contributed by atoms with Crippen molar-refractivity contribution >= 4 is 11.0 Å². The second-order valence-corrected chi connectivity index (χ2v) is 4.28. The Kier molecular flexibility index (Phi) is 2.67. The maximum Gasteiger partial charge on any atom is 0.450 e. The SMILES string of the molecule is Oc1ccc2c(c1)nc(C(F)(F)F)n2-c1ccccc1. The van der Waals surface area contributed by atoms with Crippen LogP contribution in [-0.4, -0.2) is 14.7 Å². The van der Waals surface area contributed by atoms with Crippen LogP contribution in [0.3, 0.4) is 0 Å². The molecule has 6 heteroatoms. The Bertz CT molecular complexity index is 763. The summed E-state index contributed by atoms with van der Waals surface area (Å²) in [6.07, 6.45) is -4.58. The molecule has 1 heterocycles. The van der Waals surface area contributed by atoms with Crippen LogP contribution < -0.4 is 0 Å². The van der Waals surface area contributed by atoms with Gasteiger partial charge >= 0.3 is 6.18 Å². The lowest BCUT2D eigenvalue weighted by Crippen LogP contribution is -2.13. The van der Waals surface area contributed by atoms with E-state index in [1.165, 1.54) is 18.2 Å². The molecule has 3 aromatic rings. The molecule has 0 amide bonds. The van der Waals surface area contributed by atoms with Crippen molar-refractivity contribution in [1.82, 2.24) is 9.55 Å². The van der Waals surface area contributed by atoms with Crippen molar-refractivity contribution in [3.05, 3.63) is 54.4 Å². The summed E-state index contributed by atoms with van der Waals surface area (Å²) in [7, 11) is 0. The van der Waals surface area contributed by atoms with E-state index < -0.39 is 12.0 Å². The van der Waals surface area contributed by atoms with Crippen molar-refractivity contribution in [2.75, 3.05) is 0 Å². The number of para-hydroxylation sites is 1. The van der Waals surface area contributed by atoms with Crippen molar-refractivity contribution in [2.24, 2.45) is 0 Å². The highest BCUT2D eigenvalue weighted by molar-refractivity contribution is 5.80. The van der Waals surface area contributed by atoms with Crippen molar-refractivity contribution in [3.8, 4) is 11.4 Å². The number of nitrogens with zero attached hydrogens (tertiary/aromatic N) is 2. The minimum Gasteiger partial charge on any atom is -0.508 e. The summed E-state index contributed by atoms with van der Waals surface area (Å²) in [5, 5.41) is 9.37. The number of imidazole rings is 1. The second-order valence-electron chi connectivity index (χ2n) is 4.28. The molecule has 102 valence electrons.